The highest BCUT2D eigenvalue weighted by Crippen LogP contribution is 2.29. The van der Waals surface area contributed by atoms with Crippen molar-refractivity contribution in [3.05, 3.63) is 23.8 Å². The second kappa shape index (κ2) is 6.80. The van der Waals surface area contributed by atoms with Crippen molar-refractivity contribution in [1.82, 2.24) is 5.32 Å². The smallest absolute Gasteiger partial charge is 0.161 e. The number of hydrogen-bond acceptors (Lipinski definition) is 3. The van der Waals surface area contributed by atoms with E-state index in [4.69, 9.17) is 9.47 Å². The molecule has 1 N–H and O–H groups in total. The van der Waals surface area contributed by atoms with Gasteiger partial charge >= 0.3 is 0 Å². The van der Waals surface area contributed by atoms with Crippen LogP contribution in [0.15, 0.2) is 18.2 Å². The van der Waals surface area contributed by atoms with Gasteiger partial charge < -0.3 is 14.8 Å². The summed E-state index contributed by atoms with van der Waals surface area (Å²) in [5.74, 6) is 1.62. The Balaban J connectivity index is 2.65. The van der Waals surface area contributed by atoms with Crippen LogP contribution in [0, 0.1) is 0 Å². The summed E-state index contributed by atoms with van der Waals surface area (Å²) in [6.45, 7) is 11.4. The van der Waals surface area contributed by atoms with Crippen molar-refractivity contribution < 1.29 is 9.47 Å². The van der Waals surface area contributed by atoms with Gasteiger partial charge in [0.05, 0.1) is 7.11 Å². The quantitative estimate of drug-likeness (QED) is 0.855. The van der Waals surface area contributed by atoms with Crippen LogP contribution in [0.5, 0.6) is 11.5 Å². The maximum Gasteiger partial charge on any atom is 0.161 e. The van der Waals surface area contributed by atoms with Gasteiger partial charge in [0.25, 0.3) is 0 Å². The Labute approximate surface area is 117 Å². The summed E-state index contributed by atoms with van der Waals surface area (Å²) in [5, 5.41) is 3.44. The SMILES string of the molecule is CCc1ccc(OC(C)CNC(C)(C)C)c(OC)c1. The third-order valence-corrected chi connectivity index (χ3v) is 2.88. The molecule has 1 aromatic carbocycles. The number of ether oxygens (including phenoxy) is 2. The first-order valence-corrected chi connectivity index (χ1v) is 6.94. The van der Waals surface area contributed by atoms with Gasteiger partial charge in [0.2, 0.25) is 0 Å². The van der Waals surface area contributed by atoms with E-state index < -0.39 is 0 Å². The van der Waals surface area contributed by atoms with E-state index in [1.54, 1.807) is 7.11 Å². The number of methoxy groups -OCH3 is 1. The van der Waals surface area contributed by atoms with E-state index in [9.17, 15) is 0 Å². The van der Waals surface area contributed by atoms with Crippen molar-refractivity contribution in [1.29, 1.82) is 0 Å². The Morgan fingerprint density at radius 3 is 2.42 bits per heavy atom. The zero-order chi connectivity index (χ0) is 14.5. The topological polar surface area (TPSA) is 30.5 Å². The van der Waals surface area contributed by atoms with Crippen molar-refractivity contribution in [2.45, 2.75) is 52.7 Å². The minimum absolute atomic E-state index is 0.0978. The molecule has 0 bridgehead atoms. The van der Waals surface area contributed by atoms with Crippen LogP contribution in [0.4, 0.5) is 0 Å². The molecule has 0 aliphatic rings. The molecule has 0 aliphatic heterocycles. The second-order valence-electron chi connectivity index (χ2n) is 5.90. The number of nitrogens with one attached hydrogen (secondary N) is 1. The normalized spacial score (nSPS) is 13.2. The molecule has 0 radical (unpaired) electrons. The Morgan fingerprint density at radius 1 is 1.21 bits per heavy atom. The predicted molar refractivity (Wildman–Crippen MR) is 80.2 cm³/mol. The van der Waals surface area contributed by atoms with Gasteiger partial charge in [-0.15, -0.1) is 0 Å². The van der Waals surface area contributed by atoms with Crippen molar-refractivity contribution in [3.8, 4) is 11.5 Å². The molecule has 0 fully saturated rings. The van der Waals surface area contributed by atoms with E-state index in [0.717, 1.165) is 24.5 Å². The predicted octanol–water partition coefficient (Wildman–Crippen LogP) is 3.41. The monoisotopic (exact) mass is 265 g/mol. The molecule has 1 unspecified atom stereocenters. The van der Waals surface area contributed by atoms with Crippen LogP contribution < -0.4 is 14.8 Å². The molecule has 1 atom stereocenters. The number of hydrogen-bond donors (Lipinski definition) is 1. The third-order valence-electron chi connectivity index (χ3n) is 2.88. The van der Waals surface area contributed by atoms with Crippen LogP contribution >= 0.6 is 0 Å². The van der Waals surface area contributed by atoms with Gasteiger partial charge in [-0.3, -0.25) is 0 Å². The Kier molecular flexibility index (Phi) is 5.67. The van der Waals surface area contributed by atoms with Gasteiger partial charge in [-0.05, 0) is 51.8 Å². The van der Waals surface area contributed by atoms with Crippen LogP contribution in [-0.4, -0.2) is 25.3 Å². The van der Waals surface area contributed by atoms with Gasteiger partial charge in [0.1, 0.15) is 6.10 Å². The maximum absolute atomic E-state index is 5.94. The molecular formula is C16H27NO2. The first kappa shape index (κ1) is 15.8. The zero-order valence-corrected chi connectivity index (χ0v) is 13.0. The standard InChI is InChI=1S/C16H27NO2/c1-7-13-8-9-14(15(10-13)18-6)19-12(2)11-17-16(3,4)5/h8-10,12,17H,7,11H2,1-6H3. The van der Waals surface area contributed by atoms with E-state index in [0.29, 0.717) is 0 Å². The summed E-state index contributed by atoms with van der Waals surface area (Å²) in [5.41, 5.74) is 1.36. The summed E-state index contributed by atoms with van der Waals surface area (Å²) in [4.78, 5) is 0. The van der Waals surface area contributed by atoms with Gasteiger partial charge in [-0.1, -0.05) is 13.0 Å². The molecule has 3 nitrogen and oxygen atoms in total. The molecule has 0 amide bonds. The fourth-order valence-electron chi connectivity index (χ4n) is 1.74. The first-order valence-electron chi connectivity index (χ1n) is 6.94. The van der Waals surface area contributed by atoms with E-state index >= 15 is 0 Å². The molecule has 0 spiro atoms. The molecule has 3 heteroatoms. The largest absolute Gasteiger partial charge is 0.493 e. The summed E-state index contributed by atoms with van der Waals surface area (Å²) in [6, 6.07) is 6.12. The summed E-state index contributed by atoms with van der Waals surface area (Å²) >= 11 is 0. The van der Waals surface area contributed by atoms with E-state index in [1.807, 2.05) is 12.1 Å². The fourth-order valence-corrected chi connectivity index (χ4v) is 1.74. The Morgan fingerprint density at radius 2 is 1.89 bits per heavy atom. The van der Waals surface area contributed by atoms with Gasteiger partial charge in [0, 0.05) is 12.1 Å². The highest BCUT2D eigenvalue weighted by molar-refractivity contribution is 5.43. The lowest BCUT2D eigenvalue weighted by molar-refractivity contribution is 0.195. The molecule has 1 rings (SSSR count). The van der Waals surface area contributed by atoms with Crippen molar-refractivity contribution in [2.75, 3.05) is 13.7 Å². The van der Waals surface area contributed by atoms with E-state index in [2.05, 4.69) is 46.0 Å². The fraction of sp³-hybridized carbons (Fsp3) is 0.625. The minimum Gasteiger partial charge on any atom is -0.493 e. The van der Waals surface area contributed by atoms with Crippen molar-refractivity contribution >= 4 is 0 Å². The molecule has 0 aliphatic carbocycles. The highest BCUT2D eigenvalue weighted by atomic mass is 16.5. The van der Waals surface area contributed by atoms with Crippen LogP contribution in [0.25, 0.3) is 0 Å². The van der Waals surface area contributed by atoms with Crippen LogP contribution in [0.2, 0.25) is 0 Å². The summed E-state index contributed by atoms with van der Waals surface area (Å²) in [7, 11) is 1.68. The lowest BCUT2D eigenvalue weighted by atomic mass is 10.1. The molecule has 0 aromatic heterocycles. The average Bonchev–Trinajstić information content (AvgIpc) is 2.36. The molecule has 1 aromatic rings. The van der Waals surface area contributed by atoms with E-state index in [-0.39, 0.29) is 11.6 Å². The molecule has 0 heterocycles. The number of aryl methyl sites for hydroxylation is 1. The molecule has 19 heavy (non-hydrogen) atoms. The first-order chi connectivity index (χ1) is 8.85. The zero-order valence-electron chi connectivity index (χ0n) is 13.0. The molecule has 0 saturated carbocycles. The van der Waals surface area contributed by atoms with Gasteiger partial charge in [-0.2, -0.15) is 0 Å². The molecule has 108 valence electrons. The lowest BCUT2D eigenvalue weighted by Gasteiger charge is -2.24. The van der Waals surface area contributed by atoms with Crippen LogP contribution in [-0.2, 0) is 6.42 Å². The third kappa shape index (κ3) is 5.52. The molecule has 0 saturated heterocycles. The maximum atomic E-state index is 5.94. The van der Waals surface area contributed by atoms with Gasteiger partial charge in [-0.25, -0.2) is 0 Å². The van der Waals surface area contributed by atoms with Crippen molar-refractivity contribution in [2.24, 2.45) is 0 Å². The number of rotatable bonds is 6. The molecular weight excluding hydrogens is 238 g/mol. The van der Waals surface area contributed by atoms with Crippen LogP contribution in [0.3, 0.4) is 0 Å². The van der Waals surface area contributed by atoms with E-state index in [1.165, 1.54) is 5.56 Å². The van der Waals surface area contributed by atoms with Crippen LogP contribution in [0.1, 0.15) is 40.2 Å². The highest BCUT2D eigenvalue weighted by Gasteiger charge is 2.13. The average molecular weight is 265 g/mol. The number of benzene rings is 1. The Bertz CT molecular complexity index is 396. The lowest BCUT2D eigenvalue weighted by Crippen LogP contribution is -2.41. The van der Waals surface area contributed by atoms with Gasteiger partial charge in [0.15, 0.2) is 11.5 Å². The second-order valence-corrected chi connectivity index (χ2v) is 5.90. The Hall–Kier alpha value is -1.22. The summed E-state index contributed by atoms with van der Waals surface area (Å²) < 4.78 is 11.3. The van der Waals surface area contributed by atoms with Crippen molar-refractivity contribution in [3.63, 3.8) is 0 Å². The minimum atomic E-state index is 0.0978. The summed E-state index contributed by atoms with van der Waals surface area (Å²) in [6.07, 6.45) is 1.10.